The van der Waals surface area contributed by atoms with E-state index in [-0.39, 0.29) is 0 Å². The Labute approximate surface area is 135 Å². The highest BCUT2D eigenvalue weighted by atomic mass is 35.5. The molecule has 1 aromatic carbocycles. The first-order chi connectivity index (χ1) is 10.5. The van der Waals surface area contributed by atoms with Gasteiger partial charge in [-0.2, -0.15) is 0 Å². The summed E-state index contributed by atoms with van der Waals surface area (Å²) < 4.78 is 5.74. The third-order valence-electron chi connectivity index (χ3n) is 3.94. The van der Waals surface area contributed by atoms with Crippen LogP contribution < -0.4 is 15.8 Å². The number of amides is 3. The minimum atomic E-state index is -0.885. The number of primary amides is 1. The van der Waals surface area contributed by atoms with Gasteiger partial charge in [-0.15, -0.1) is 0 Å². The molecule has 6 heteroatoms. The Kier molecular flexibility index (Phi) is 5.66. The lowest BCUT2D eigenvalue weighted by atomic mass is 9.83. The van der Waals surface area contributed by atoms with Gasteiger partial charge in [0.25, 0.3) is 5.91 Å². The minimum absolute atomic E-state index is 0.397. The van der Waals surface area contributed by atoms with Crippen molar-refractivity contribution < 1.29 is 14.3 Å². The first kappa shape index (κ1) is 16.6. The van der Waals surface area contributed by atoms with E-state index in [4.69, 9.17) is 22.1 Å². The Hall–Kier alpha value is -1.75. The Morgan fingerprint density at radius 3 is 2.64 bits per heavy atom. The van der Waals surface area contributed by atoms with E-state index in [0.717, 1.165) is 18.4 Å². The van der Waals surface area contributed by atoms with Gasteiger partial charge < -0.3 is 10.5 Å². The van der Waals surface area contributed by atoms with Gasteiger partial charge in [0, 0.05) is 5.02 Å². The van der Waals surface area contributed by atoms with Crippen LogP contribution in [0, 0.1) is 0 Å². The second kappa shape index (κ2) is 7.49. The second-order valence-electron chi connectivity index (χ2n) is 5.63. The van der Waals surface area contributed by atoms with Gasteiger partial charge in [-0.1, -0.05) is 30.9 Å². The van der Waals surface area contributed by atoms with Gasteiger partial charge >= 0.3 is 6.03 Å². The van der Waals surface area contributed by atoms with Crippen LogP contribution in [0.15, 0.2) is 18.2 Å². The summed E-state index contributed by atoms with van der Waals surface area (Å²) in [5.74, 6) is 0.481. The summed E-state index contributed by atoms with van der Waals surface area (Å²) in [6.45, 7) is 1.58. The SMILES string of the molecule is C[C@H](Oc1ccc(Cl)cc1C1CCCCC1)C(=O)NC(N)=O. The minimum Gasteiger partial charge on any atom is -0.481 e. The lowest BCUT2D eigenvalue weighted by molar-refractivity contribution is -0.126. The van der Waals surface area contributed by atoms with E-state index < -0.39 is 18.0 Å². The Morgan fingerprint density at radius 1 is 1.32 bits per heavy atom. The quantitative estimate of drug-likeness (QED) is 0.891. The smallest absolute Gasteiger partial charge is 0.318 e. The van der Waals surface area contributed by atoms with Gasteiger partial charge in [0.2, 0.25) is 0 Å². The number of ether oxygens (including phenoxy) is 1. The van der Waals surface area contributed by atoms with Crippen LogP contribution in [0.25, 0.3) is 0 Å². The van der Waals surface area contributed by atoms with Gasteiger partial charge in [-0.25, -0.2) is 4.79 Å². The maximum Gasteiger partial charge on any atom is 0.318 e. The standard InChI is InChI=1S/C16H21ClN2O3/c1-10(15(20)19-16(18)21)22-14-8-7-12(17)9-13(14)11-5-3-2-4-6-11/h7-11H,2-6H2,1H3,(H3,18,19,20,21)/t10-/m0/s1. The highest BCUT2D eigenvalue weighted by Gasteiger charge is 2.23. The van der Waals surface area contributed by atoms with Crippen molar-refractivity contribution in [2.24, 2.45) is 5.73 Å². The molecule has 0 aliphatic heterocycles. The summed E-state index contributed by atoms with van der Waals surface area (Å²) in [6.07, 6.45) is 5.01. The van der Waals surface area contributed by atoms with Crippen molar-refractivity contribution in [3.05, 3.63) is 28.8 Å². The molecule has 0 spiro atoms. The molecule has 1 fully saturated rings. The van der Waals surface area contributed by atoms with Crippen LogP contribution >= 0.6 is 11.6 Å². The summed E-state index contributed by atoms with van der Waals surface area (Å²) in [5, 5.41) is 2.68. The van der Waals surface area contributed by atoms with Crippen LogP contribution in [0.5, 0.6) is 5.75 Å². The van der Waals surface area contributed by atoms with Crippen molar-refractivity contribution in [2.45, 2.75) is 51.0 Å². The molecule has 3 amide bonds. The van der Waals surface area contributed by atoms with Gasteiger partial charge in [0.15, 0.2) is 6.10 Å². The first-order valence-electron chi connectivity index (χ1n) is 7.53. The van der Waals surface area contributed by atoms with E-state index in [1.807, 2.05) is 11.4 Å². The Bertz CT molecular complexity index is 556. The number of imide groups is 1. The van der Waals surface area contributed by atoms with Gasteiger partial charge in [0.05, 0.1) is 0 Å². The number of hydrogen-bond donors (Lipinski definition) is 2. The van der Waals surface area contributed by atoms with Crippen LogP contribution in [-0.2, 0) is 4.79 Å². The zero-order chi connectivity index (χ0) is 16.1. The number of urea groups is 1. The molecule has 1 aromatic rings. The summed E-state index contributed by atoms with van der Waals surface area (Å²) in [4.78, 5) is 22.5. The molecule has 0 bridgehead atoms. The maximum absolute atomic E-state index is 11.7. The molecule has 1 aliphatic carbocycles. The molecular weight excluding hydrogens is 304 g/mol. The van der Waals surface area contributed by atoms with Crippen molar-refractivity contribution in [3.63, 3.8) is 0 Å². The molecule has 3 N–H and O–H groups in total. The Morgan fingerprint density at radius 2 is 2.00 bits per heavy atom. The van der Waals surface area contributed by atoms with E-state index in [9.17, 15) is 9.59 Å². The molecule has 0 radical (unpaired) electrons. The molecule has 0 aromatic heterocycles. The fourth-order valence-electron chi connectivity index (χ4n) is 2.83. The maximum atomic E-state index is 11.7. The molecule has 0 unspecified atom stereocenters. The molecule has 22 heavy (non-hydrogen) atoms. The second-order valence-corrected chi connectivity index (χ2v) is 6.07. The molecule has 2 rings (SSSR count). The molecule has 1 atom stereocenters. The largest absolute Gasteiger partial charge is 0.481 e. The number of benzene rings is 1. The van der Waals surface area contributed by atoms with Crippen molar-refractivity contribution in [3.8, 4) is 5.75 Å². The van der Waals surface area contributed by atoms with E-state index in [1.54, 1.807) is 19.1 Å². The zero-order valence-corrected chi connectivity index (χ0v) is 13.4. The average Bonchev–Trinajstić information content (AvgIpc) is 2.49. The first-order valence-corrected chi connectivity index (χ1v) is 7.91. The van der Waals surface area contributed by atoms with Crippen LogP contribution in [0.2, 0.25) is 5.02 Å². The predicted octanol–water partition coefficient (Wildman–Crippen LogP) is 3.35. The molecule has 0 saturated heterocycles. The van der Waals surface area contributed by atoms with Crippen LogP contribution in [0.4, 0.5) is 4.79 Å². The fourth-order valence-corrected chi connectivity index (χ4v) is 3.01. The number of carbonyl (C=O) groups excluding carboxylic acids is 2. The van der Waals surface area contributed by atoms with E-state index in [1.165, 1.54) is 19.3 Å². The highest BCUT2D eigenvalue weighted by molar-refractivity contribution is 6.30. The van der Waals surface area contributed by atoms with Crippen molar-refractivity contribution >= 4 is 23.5 Å². The normalized spacial score (nSPS) is 16.8. The van der Waals surface area contributed by atoms with E-state index >= 15 is 0 Å². The molecule has 5 nitrogen and oxygen atoms in total. The average molecular weight is 325 g/mol. The topological polar surface area (TPSA) is 81.4 Å². The number of halogens is 1. The molecule has 0 heterocycles. The Balaban J connectivity index is 2.15. The van der Waals surface area contributed by atoms with Crippen molar-refractivity contribution in [1.82, 2.24) is 5.32 Å². The van der Waals surface area contributed by atoms with E-state index in [2.05, 4.69) is 0 Å². The summed E-state index contributed by atoms with van der Waals surface area (Å²) >= 11 is 6.11. The monoisotopic (exact) mass is 324 g/mol. The number of carbonyl (C=O) groups is 2. The molecule has 1 saturated carbocycles. The number of rotatable bonds is 4. The third kappa shape index (κ3) is 4.37. The van der Waals surface area contributed by atoms with Crippen molar-refractivity contribution in [2.75, 3.05) is 0 Å². The molecule has 1 aliphatic rings. The summed E-state index contributed by atoms with van der Waals surface area (Å²) in [6, 6.07) is 4.54. The zero-order valence-electron chi connectivity index (χ0n) is 12.6. The van der Waals surface area contributed by atoms with Crippen LogP contribution in [0.3, 0.4) is 0 Å². The van der Waals surface area contributed by atoms with Crippen LogP contribution in [0.1, 0.15) is 50.5 Å². The fraction of sp³-hybridized carbons (Fsp3) is 0.500. The van der Waals surface area contributed by atoms with E-state index in [0.29, 0.717) is 16.7 Å². The lowest BCUT2D eigenvalue weighted by Gasteiger charge is -2.25. The van der Waals surface area contributed by atoms with Gasteiger partial charge in [-0.3, -0.25) is 10.1 Å². The van der Waals surface area contributed by atoms with Crippen molar-refractivity contribution in [1.29, 1.82) is 0 Å². The third-order valence-corrected chi connectivity index (χ3v) is 4.17. The molecule has 120 valence electrons. The highest BCUT2D eigenvalue weighted by Crippen LogP contribution is 2.39. The van der Waals surface area contributed by atoms with Gasteiger partial charge in [-0.05, 0) is 49.4 Å². The lowest BCUT2D eigenvalue weighted by Crippen LogP contribution is -2.42. The summed E-state index contributed by atoms with van der Waals surface area (Å²) in [5.41, 5.74) is 5.98. The summed E-state index contributed by atoms with van der Waals surface area (Å²) in [7, 11) is 0. The van der Waals surface area contributed by atoms with Crippen LogP contribution in [-0.4, -0.2) is 18.0 Å². The molecular formula is C16H21ClN2O3. The number of nitrogens with two attached hydrogens (primary N) is 1. The predicted molar refractivity (Wildman–Crippen MR) is 85.1 cm³/mol. The number of nitrogens with one attached hydrogen (secondary N) is 1. The number of hydrogen-bond acceptors (Lipinski definition) is 3. The van der Waals surface area contributed by atoms with Gasteiger partial charge in [0.1, 0.15) is 5.75 Å².